The van der Waals surface area contributed by atoms with Crippen LogP contribution in [0.5, 0.6) is 5.75 Å². The number of rotatable bonds is 2. The standard InChI is InChI=1S/C16H13N3O/c1-20-13-7-4-6-11(9-13)15-17-16-14-8-3-2-5-12(14)10-19(16)18-15/h2-9H,10H2,1H3. The highest BCUT2D eigenvalue weighted by atomic mass is 16.5. The lowest BCUT2D eigenvalue weighted by atomic mass is 10.1. The van der Waals surface area contributed by atoms with Crippen molar-refractivity contribution in [2.24, 2.45) is 0 Å². The summed E-state index contributed by atoms with van der Waals surface area (Å²) in [5, 5.41) is 4.60. The van der Waals surface area contributed by atoms with Crippen molar-refractivity contribution in [2.75, 3.05) is 7.11 Å². The smallest absolute Gasteiger partial charge is 0.181 e. The summed E-state index contributed by atoms with van der Waals surface area (Å²) in [4.78, 5) is 4.67. The van der Waals surface area contributed by atoms with Gasteiger partial charge in [0.1, 0.15) is 5.75 Å². The fourth-order valence-electron chi connectivity index (χ4n) is 2.57. The Kier molecular flexibility index (Phi) is 2.36. The van der Waals surface area contributed by atoms with E-state index < -0.39 is 0 Å². The predicted molar refractivity (Wildman–Crippen MR) is 76.5 cm³/mol. The van der Waals surface area contributed by atoms with E-state index in [1.807, 2.05) is 41.1 Å². The molecule has 0 fully saturated rings. The molecular weight excluding hydrogens is 250 g/mol. The molecule has 0 saturated heterocycles. The zero-order valence-electron chi connectivity index (χ0n) is 11.1. The minimum Gasteiger partial charge on any atom is -0.497 e. The van der Waals surface area contributed by atoms with Gasteiger partial charge in [-0.25, -0.2) is 9.67 Å². The third-order valence-electron chi connectivity index (χ3n) is 3.58. The lowest BCUT2D eigenvalue weighted by Gasteiger charge is -2.01. The van der Waals surface area contributed by atoms with Crippen molar-refractivity contribution in [3.63, 3.8) is 0 Å². The van der Waals surface area contributed by atoms with Crippen LogP contribution in [-0.4, -0.2) is 21.9 Å². The molecule has 4 heteroatoms. The quantitative estimate of drug-likeness (QED) is 0.558. The second-order valence-corrected chi connectivity index (χ2v) is 4.81. The SMILES string of the molecule is COc1cccc(-c2nc3n(n2)Cc2ccccc2-3)c1. The van der Waals surface area contributed by atoms with Crippen LogP contribution in [0.2, 0.25) is 0 Å². The summed E-state index contributed by atoms with van der Waals surface area (Å²) in [6.45, 7) is 0.794. The summed E-state index contributed by atoms with van der Waals surface area (Å²) in [5.74, 6) is 2.50. The van der Waals surface area contributed by atoms with Crippen LogP contribution in [0.3, 0.4) is 0 Å². The van der Waals surface area contributed by atoms with Crippen LogP contribution >= 0.6 is 0 Å². The third kappa shape index (κ3) is 1.61. The number of aromatic nitrogens is 3. The first kappa shape index (κ1) is 11.2. The number of methoxy groups -OCH3 is 1. The molecule has 4 nitrogen and oxygen atoms in total. The summed E-state index contributed by atoms with van der Waals surface area (Å²) in [5.41, 5.74) is 3.43. The van der Waals surface area contributed by atoms with E-state index in [0.29, 0.717) is 0 Å². The Bertz CT molecular complexity index is 792. The summed E-state index contributed by atoms with van der Waals surface area (Å²) in [6.07, 6.45) is 0. The van der Waals surface area contributed by atoms with Crippen molar-refractivity contribution in [2.45, 2.75) is 6.54 Å². The molecule has 3 aromatic rings. The molecule has 1 aliphatic rings. The molecule has 1 aromatic heterocycles. The van der Waals surface area contributed by atoms with Crippen molar-refractivity contribution in [3.8, 4) is 28.5 Å². The highest BCUT2D eigenvalue weighted by Crippen LogP contribution is 2.32. The van der Waals surface area contributed by atoms with Gasteiger partial charge < -0.3 is 4.74 Å². The second-order valence-electron chi connectivity index (χ2n) is 4.81. The van der Waals surface area contributed by atoms with Gasteiger partial charge in [0.2, 0.25) is 0 Å². The van der Waals surface area contributed by atoms with Crippen molar-refractivity contribution >= 4 is 0 Å². The first-order valence-corrected chi connectivity index (χ1v) is 6.53. The van der Waals surface area contributed by atoms with Crippen molar-refractivity contribution in [1.29, 1.82) is 0 Å². The molecule has 2 heterocycles. The van der Waals surface area contributed by atoms with E-state index in [1.165, 1.54) is 11.1 Å². The van der Waals surface area contributed by atoms with E-state index in [4.69, 9.17) is 4.74 Å². The Balaban J connectivity index is 1.81. The van der Waals surface area contributed by atoms with Crippen LogP contribution in [0.1, 0.15) is 5.56 Å². The molecule has 0 spiro atoms. The van der Waals surface area contributed by atoms with E-state index in [1.54, 1.807) is 7.11 Å². The molecule has 0 radical (unpaired) electrons. The molecular formula is C16H13N3O. The van der Waals surface area contributed by atoms with E-state index >= 15 is 0 Å². The van der Waals surface area contributed by atoms with Crippen LogP contribution < -0.4 is 4.74 Å². The number of nitrogens with zero attached hydrogens (tertiary/aromatic N) is 3. The van der Waals surface area contributed by atoms with Gasteiger partial charge >= 0.3 is 0 Å². The normalized spacial score (nSPS) is 12.1. The molecule has 2 aromatic carbocycles. The topological polar surface area (TPSA) is 39.9 Å². The van der Waals surface area contributed by atoms with Gasteiger partial charge in [-0.15, -0.1) is 0 Å². The Morgan fingerprint density at radius 1 is 1.10 bits per heavy atom. The minimum atomic E-state index is 0.744. The summed E-state index contributed by atoms with van der Waals surface area (Å²) < 4.78 is 7.21. The Labute approximate surface area is 116 Å². The predicted octanol–water partition coefficient (Wildman–Crippen LogP) is 2.98. The first-order valence-electron chi connectivity index (χ1n) is 6.53. The maximum Gasteiger partial charge on any atom is 0.181 e. The largest absolute Gasteiger partial charge is 0.497 e. The van der Waals surface area contributed by atoms with Crippen LogP contribution in [0.4, 0.5) is 0 Å². The molecule has 0 unspecified atom stereocenters. The molecule has 98 valence electrons. The van der Waals surface area contributed by atoms with Crippen LogP contribution in [0.25, 0.3) is 22.8 Å². The lowest BCUT2D eigenvalue weighted by molar-refractivity contribution is 0.415. The Hall–Kier alpha value is -2.62. The van der Waals surface area contributed by atoms with E-state index in [2.05, 4.69) is 22.2 Å². The summed E-state index contributed by atoms with van der Waals surface area (Å²) >= 11 is 0. The summed E-state index contributed by atoms with van der Waals surface area (Å²) in [6, 6.07) is 16.1. The fourth-order valence-corrected chi connectivity index (χ4v) is 2.57. The van der Waals surface area contributed by atoms with Gasteiger partial charge in [-0.1, -0.05) is 36.4 Å². The summed E-state index contributed by atoms with van der Waals surface area (Å²) in [7, 11) is 1.66. The monoisotopic (exact) mass is 263 g/mol. The molecule has 0 atom stereocenters. The van der Waals surface area contributed by atoms with E-state index in [0.717, 1.165) is 29.5 Å². The number of benzene rings is 2. The van der Waals surface area contributed by atoms with Crippen LogP contribution in [-0.2, 0) is 6.54 Å². The van der Waals surface area contributed by atoms with Gasteiger partial charge in [0.15, 0.2) is 11.6 Å². The van der Waals surface area contributed by atoms with Crippen molar-refractivity contribution in [3.05, 3.63) is 54.1 Å². The average Bonchev–Trinajstić information content (AvgIpc) is 3.05. The van der Waals surface area contributed by atoms with Gasteiger partial charge in [-0.05, 0) is 17.7 Å². The third-order valence-corrected chi connectivity index (χ3v) is 3.58. The zero-order valence-corrected chi connectivity index (χ0v) is 11.1. The lowest BCUT2D eigenvalue weighted by Crippen LogP contribution is -1.95. The van der Waals surface area contributed by atoms with Gasteiger partial charge in [0, 0.05) is 11.1 Å². The van der Waals surface area contributed by atoms with Crippen molar-refractivity contribution < 1.29 is 4.74 Å². The molecule has 0 N–H and O–H groups in total. The number of hydrogen-bond acceptors (Lipinski definition) is 3. The first-order chi connectivity index (χ1) is 9.85. The Morgan fingerprint density at radius 2 is 2.00 bits per heavy atom. The molecule has 0 saturated carbocycles. The van der Waals surface area contributed by atoms with Gasteiger partial charge in [0.25, 0.3) is 0 Å². The minimum absolute atomic E-state index is 0.744. The number of ether oxygens (including phenoxy) is 1. The highest BCUT2D eigenvalue weighted by Gasteiger charge is 2.22. The van der Waals surface area contributed by atoms with Crippen LogP contribution in [0, 0.1) is 0 Å². The second kappa shape index (κ2) is 4.20. The average molecular weight is 263 g/mol. The van der Waals surface area contributed by atoms with Crippen LogP contribution in [0.15, 0.2) is 48.5 Å². The van der Waals surface area contributed by atoms with Gasteiger partial charge in [0.05, 0.1) is 13.7 Å². The molecule has 0 aliphatic carbocycles. The van der Waals surface area contributed by atoms with Gasteiger partial charge in [-0.3, -0.25) is 0 Å². The van der Waals surface area contributed by atoms with Crippen molar-refractivity contribution in [1.82, 2.24) is 14.8 Å². The Morgan fingerprint density at radius 3 is 2.90 bits per heavy atom. The highest BCUT2D eigenvalue weighted by molar-refractivity contribution is 5.67. The maximum absolute atomic E-state index is 5.25. The number of fused-ring (bicyclic) bond motifs is 3. The fraction of sp³-hybridized carbons (Fsp3) is 0.125. The zero-order chi connectivity index (χ0) is 13.5. The molecule has 20 heavy (non-hydrogen) atoms. The number of hydrogen-bond donors (Lipinski definition) is 0. The van der Waals surface area contributed by atoms with Gasteiger partial charge in [-0.2, -0.15) is 5.10 Å². The molecule has 4 rings (SSSR count). The van der Waals surface area contributed by atoms with E-state index in [-0.39, 0.29) is 0 Å². The molecule has 0 amide bonds. The maximum atomic E-state index is 5.25. The molecule has 0 bridgehead atoms. The van der Waals surface area contributed by atoms with E-state index in [9.17, 15) is 0 Å². The molecule has 1 aliphatic heterocycles.